The third-order valence-corrected chi connectivity index (χ3v) is 4.38. The zero-order valence-electron chi connectivity index (χ0n) is 12.5. The van der Waals surface area contributed by atoms with Crippen LogP contribution in [-0.2, 0) is 11.3 Å². The topological polar surface area (TPSA) is 71.3 Å². The summed E-state index contributed by atoms with van der Waals surface area (Å²) in [5, 5.41) is 7.04. The first kappa shape index (κ1) is 16.8. The van der Waals surface area contributed by atoms with Crippen LogP contribution in [0, 0.1) is 11.6 Å². The molecule has 2 fully saturated rings. The summed E-state index contributed by atoms with van der Waals surface area (Å²) in [6.07, 6.45) is 1.33. The van der Waals surface area contributed by atoms with Crippen molar-refractivity contribution in [3.8, 4) is 11.5 Å². The third kappa shape index (κ3) is 2.76. The maximum atomic E-state index is 13.7. The molecule has 0 saturated carbocycles. The number of amides is 1. The Hall–Kier alpha value is -2.06. The van der Waals surface area contributed by atoms with Crippen molar-refractivity contribution in [1.82, 2.24) is 20.4 Å². The fraction of sp³-hybridized carbons (Fsp3) is 0.400. The van der Waals surface area contributed by atoms with Crippen LogP contribution in [-0.4, -0.2) is 39.6 Å². The van der Waals surface area contributed by atoms with Crippen LogP contribution in [0.1, 0.15) is 18.7 Å². The lowest BCUT2D eigenvalue weighted by Crippen LogP contribution is -2.35. The second kappa shape index (κ2) is 6.45. The number of halogens is 3. The molecule has 1 N–H and O–H groups in total. The van der Waals surface area contributed by atoms with Crippen molar-refractivity contribution < 1.29 is 18.1 Å². The van der Waals surface area contributed by atoms with Gasteiger partial charge in [0.25, 0.3) is 5.89 Å². The summed E-state index contributed by atoms with van der Waals surface area (Å²) in [5.41, 5.74) is -0.348. The van der Waals surface area contributed by atoms with E-state index in [0.29, 0.717) is 6.42 Å². The molecule has 0 unspecified atom stereocenters. The number of rotatable bonds is 3. The van der Waals surface area contributed by atoms with Gasteiger partial charge in [0.2, 0.25) is 5.91 Å². The number of nitrogens with one attached hydrogen (secondary N) is 1. The predicted octanol–water partition coefficient (Wildman–Crippen LogP) is 1.90. The van der Waals surface area contributed by atoms with Gasteiger partial charge in [0, 0.05) is 18.5 Å². The molecule has 2 aliphatic rings. The van der Waals surface area contributed by atoms with E-state index < -0.39 is 11.6 Å². The third-order valence-electron chi connectivity index (χ3n) is 4.38. The van der Waals surface area contributed by atoms with Crippen LogP contribution in [0.2, 0.25) is 0 Å². The second-order valence-corrected chi connectivity index (χ2v) is 5.75. The summed E-state index contributed by atoms with van der Waals surface area (Å²) in [7, 11) is 0. The molecule has 1 amide bonds. The normalized spacial score (nSPS) is 22.6. The molecule has 1 aromatic heterocycles. The molecule has 0 radical (unpaired) electrons. The largest absolute Gasteiger partial charge is 0.334 e. The maximum Gasteiger partial charge on any atom is 0.263 e. The molecular weight excluding hydrogens is 342 g/mol. The van der Waals surface area contributed by atoms with E-state index in [4.69, 9.17) is 4.52 Å². The molecular formula is C15H15ClF2N4O2. The van der Waals surface area contributed by atoms with E-state index in [1.54, 1.807) is 4.90 Å². The fourth-order valence-corrected chi connectivity index (χ4v) is 3.31. The molecule has 2 aliphatic heterocycles. The van der Waals surface area contributed by atoms with Crippen LogP contribution in [0.15, 0.2) is 22.7 Å². The van der Waals surface area contributed by atoms with E-state index in [2.05, 4.69) is 15.5 Å². The Labute approximate surface area is 142 Å². The van der Waals surface area contributed by atoms with Crippen LogP contribution in [0.25, 0.3) is 11.5 Å². The average Bonchev–Trinajstić information content (AvgIpc) is 3.19. The zero-order valence-corrected chi connectivity index (χ0v) is 13.4. The average molecular weight is 357 g/mol. The molecule has 0 spiro atoms. The predicted molar refractivity (Wildman–Crippen MR) is 82.3 cm³/mol. The lowest BCUT2D eigenvalue weighted by atomic mass is 10.1. The first-order valence-corrected chi connectivity index (χ1v) is 7.43. The second-order valence-electron chi connectivity index (χ2n) is 5.75. The minimum atomic E-state index is -0.766. The maximum absolute atomic E-state index is 13.7. The Balaban J connectivity index is 0.00000169. The summed E-state index contributed by atoms with van der Waals surface area (Å²) in [4.78, 5) is 17.8. The van der Waals surface area contributed by atoms with Crippen molar-refractivity contribution in [3.05, 3.63) is 35.7 Å². The number of fused-ring (bicyclic) bond motifs is 1. The molecule has 3 heterocycles. The number of nitrogens with zero attached hydrogens (tertiary/aromatic N) is 3. The number of hydrogen-bond acceptors (Lipinski definition) is 5. The summed E-state index contributed by atoms with van der Waals surface area (Å²) >= 11 is 0. The molecule has 128 valence electrons. The van der Waals surface area contributed by atoms with Crippen molar-refractivity contribution in [2.75, 3.05) is 6.54 Å². The Morgan fingerprint density at radius 3 is 2.83 bits per heavy atom. The molecule has 0 bridgehead atoms. The van der Waals surface area contributed by atoms with Gasteiger partial charge < -0.3 is 14.7 Å². The van der Waals surface area contributed by atoms with Gasteiger partial charge in [-0.2, -0.15) is 4.98 Å². The summed E-state index contributed by atoms with van der Waals surface area (Å²) < 4.78 is 32.5. The van der Waals surface area contributed by atoms with Gasteiger partial charge in [-0.25, -0.2) is 8.78 Å². The molecule has 9 heteroatoms. The van der Waals surface area contributed by atoms with Gasteiger partial charge in [-0.05, 0) is 25.1 Å². The van der Waals surface area contributed by atoms with Gasteiger partial charge in [-0.3, -0.25) is 4.79 Å². The van der Waals surface area contributed by atoms with E-state index in [1.807, 2.05) is 0 Å². The number of benzene rings is 1. The molecule has 0 aliphatic carbocycles. The van der Waals surface area contributed by atoms with Crippen molar-refractivity contribution in [1.29, 1.82) is 0 Å². The standard InChI is InChI=1S/C15H14F2N4O2.ClH/c16-8-2-1-3-9(17)14(8)15-19-12(20-23-15)7-21-11-4-5-18-10(11)6-13(21)22;/h1-3,10-11,18H,4-7H2;1H/t10-,11-;/m1./s1. The highest BCUT2D eigenvalue weighted by Gasteiger charge is 2.42. The van der Waals surface area contributed by atoms with Gasteiger partial charge in [0.05, 0.1) is 6.54 Å². The van der Waals surface area contributed by atoms with Gasteiger partial charge in [0.1, 0.15) is 17.2 Å². The van der Waals surface area contributed by atoms with E-state index in [0.717, 1.165) is 25.1 Å². The molecule has 2 saturated heterocycles. The van der Waals surface area contributed by atoms with Crippen LogP contribution >= 0.6 is 12.4 Å². The van der Waals surface area contributed by atoms with Gasteiger partial charge >= 0.3 is 0 Å². The molecule has 6 nitrogen and oxygen atoms in total. The summed E-state index contributed by atoms with van der Waals surface area (Å²) in [5.74, 6) is -1.49. The van der Waals surface area contributed by atoms with Crippen LogP contribution in [0.5, 0.6) is 0 Å². The molecule has 2 aromatic rings. The summed E-state index contributed by atoms with van der Waals surface area (Å²) in [6.45, 7) is 1.05. The quantitative estimate of drug-likeness (QED) is 0.909. The SMILES string of the molecule is Cl.O=C1C[C@H]2NCC[C@H]2N1Cc1noc(-c2c(F)cccc2F)n1. The van der Waals surface area contributed by atoms with E-state index in [-0.39, 0.29) is 54.2 Å². The lowest BCUT2D eigenvalue weighted by molar-refractivity contribution is -0.129. The molecule has 24 heavy (non-hydrogen) atoms. The van der Waals surface area contributed by atoms with Crippen molar-refractivity contribution >= 4 is 18.3 Å². The monoisotopic (exact) mass is 356 g/mol. The number of aromatic nitrogens is 2. The highest BCUT2D eigenvalue weighted by atomic mass is 35.5. The van der Waals surface area contributed by atoms with Gasteiger partial charge in [-0.1, -0.05) is 11.2 Å². The minimum Gasteiger partial charge on any atom is -0.334 e. The Bertz CT molecular complexity index is 749. The van der Waals surface area contributed by atoms with E-state index in [1.165, 1.54) is 6.07 Å². The van der Waals surface area contributed by atoms with Crippen molar-refractivity contribution in [3.63, 3.8) is 0 Å². The fourth-order valence-electron chi connectivity index (χ4n) is 3.31. The number of likely N-dealkylation sites (tertiary alicyclic amines) is 1. The first-order valence-electron chi connectivity index (χ1n) is 7.43. The van der Waals surface area contributed by atoms with E-state index in [9.17, 15) is 13.6 Å². The number of hydrogen-bond donors (Lipinski definition) is 1. The Morgan fingerprint density at radius 2 is 2.08 bits per heavy atom. The van der Waals surface area contributed by atoms with Crippen LogP contribution in [0.4, 0.5) is 8.78 Å². The van der Waals surface area contributed by atoms with Crippen molar-refractivity contribution in [2.24, 2.45) is 0 Å². The molecule has 1 aromatic carbocycles. The summed E-state index contributed by atoms with van der Waals surface area (Å²) in [6, 6.07) is 3.80. The number of carbonyl (C=O) groups excluding carboxylic acids is 1. The van der Waals surface area contributed by atoms with Crippen molar-refractivity contribution in [2.45, 2.75) is 31.5 Å². The first-order chi connectivity index (χ1) is 11.1. The zero-order chi connectivity index (χ0) is 16.0. The highest BCUT2D eigenvalue weighted by Crippen LogP contribution is 2.28. The van der Waals surface area contributed by atoms with Crippen LogP contribution < -0.4 is 5.32 Å². The minimum absolute atomic E-state index is 0. The molecule has 2 atom stereocenters. The Kier molecular flexibility index (Phi) is 4.51. The van der Waals surface area contributed by atoms with Gasteiger partial charge in [-0.15, -0.1) is 12.4 Å². The molecule has 4 rings (SSSR count). The Morgan fingerprint density at radius 1 is 1.33 bits per heavy atom. The number of carbonyl (C=O) groups is 1. The smallest absolute Gasteiger partial charge is 0.263 e. The van der Waals surface area contributed by atoms with Gasteiger partial charge in [0.15, 0.2) is 5.82 Å². The van der Waals surface area contributed by atoms with E-state index >= 15 is 0 Å². The van der Waals surface area contributed by atoms with Crippen LogP contribution in [0.3, 0.4) is 0 Å². The lowest BCUT2D eigenvalue weighted by Gasteiger charge is -2.21. The highest BCUT2D eigenvalue weighted by molar-refractivity contribution is 5.85.